The van der Waals surface area contributed by atoms with Crippen LogP contribution in [0.2, 0.25) is 0 Å². The van der Waals surface area contributed by atoms with Crippen LogP contribution in [-0.4, -0.2) is 41.8 Å². The van der Waals surface area contributed by atoms with Gasteiger partial charge in [-0.2, -0.15) is 24.9 Å². The average Bonchev–Trinajstić information content (AvgIpc) is 2.09. The molecule has 0 saturated heterocycles. The maximum atomic E-state index is 11.7. The van der Waals surface area contributed by atoms with Crippen LogP contribution < -0.4 is 5.32 Å². The second kappa shape index (κ2) is 6.13. The van der Waals surface area contributed by atoms with E-state index in [0.717, 1.165) is 0 Å². The SMILES string of the molecule is CSCCC(=O)NCC(O)C(F)(F)F. The minimum atomic E-state index is -4.67. The third-order valence-electron chi connectivity index (χ3n) is 1.40. The predicted octanol–water partition coefficient (Wildman–Crippen LogP) is 0.779. The van der Waals surface area contributed by atoms with Crippen molar-refractivity contribution in [1.82, 2.24) is 5.32 Å². The van der Waals surface area contributed by atoms with Gasteiger partial charge in [0.05, 0.1) is 6.54 Å². The molecule has 84 valence electrons. The molecule has 14 heavy (non-hydrogen) atoms. The molecule has 0 aromatic rings. The van der Waals surface area contributed by atoms with Gasteiger partial charge in [0, 0.05) is 12.2 Å². The number of carbonyl (C=O) groups excluding carboxylic acids is 1. The first kappa shape index (κ1) is 13.6. The molecule has 1 unspecified atom stereocenters. The Morgan fingerprint density at radius 1 is 1.57 bits per heavy atom. The number of carbonyl (C=O) groups is 1. The topological polar surface area (TPSA) is 49.3 Å². The minimum Gasteiger partial charge on any atom is -0.382 e. The Morgan fingerprint density at radius 3 is 2.57 bits per heavy atom. The minimum absolute atomic E-state index is 0.158. The number of aliphatic hydroxyl groups is 1. The number of rotatable bonds is 5. The molecule has 3 nitrogen and oxygen atoms in total. The maximum absolute atomic E-state index is 11.7. The van der Waals surface area contributed by atoms with Gasteiger partial charge in [-0.15, -0.1) is 0 Å². The van der Waals surface area contributed by atoms with Crippen LogP contribution >= 0.6 is 11.8 Å². The first-order valence-corrected chi connectivity index (χ1v) is 5.27. The third-order valence-corrected chi connectivity index (χ3v) is 2.02. The average molecular weight is 231 g/mol. The second-order valence-corrected chi connectivity index (χ2v) is 3.59. The van der Waals surface area contributed by atoms with Crippen molar-refractivity contribution in [3.05, 3.63) is 0 Å². The van der Waals surface area contributed by atoms with E-state index in [1.807, 2.05) is 5.32 Å². The van der Waals surface area contributed by atoms with Crippen molar-refractivity contribution in [3.63, 3.8) is 0 Å². The molecular formula is C7H12F3NO2S. The van der Waals surface area contributed by atoms with E-state index in [-0.39, 0.29) is 6.42 Å². The Balaban J connectivity index is 3.67. The van der Waals surface area contributed by atoms with Crippen LogP contribution in [0.4, 0.5) is 13.2 Å². The van der Waals surface area contributed by atoms with Crippen molar-refractivity contribution in [2.75, 3.05) is 18.6 Å². The Morgan fingerprint density at radius 2 is 2.14 bits per heavy atom. The van der Waals surface area contributed by atoms with Crippen LogP contribution in [0.1, 0.15) is 6.42 Å². The number of amides is 1. The largest absolute Gasteiger partial charge is 0.416 e. The molecule has 0 aromatic carbocycles. The summed E-state index contributed by atoms with van der Waals surface area (Å²) in [5.41, 5.74) is 0. The number of thioether (sulfide) groups is 1. The molecule has 2 N–H and O–H groups in total. The van der Waals surface area contributed by atoms with Crippen molar-refractivity contribution in [2.45, 2.75) is 18.7 Å². The lowest BCUT2D eigenvalue weighted by Gasteiger charge is -2.14. The summed E-state index contributed by atoms with van der Waals surface area (Å²) in [5.74, 6) is 0.0659. The summed E-state index contributed by atoms with van der Waals surface area (Å²) in [5, 5.41) is 10.5. The highest BCUT2D eigenvalue weighted by molar-refractivity contribution is 7.98. The summed E-state index contributed by atoms with van der Waals surface area (Å²) in [6, 6.07) is 0. The van der Waals surface area contributed by atoms with E-state index in [1.165, 1.54) is 11.8 Å². The molecule has 0 spiro atoms. The molecule has 0 saturated carbocycles. The zero-order valence-corrected chi connectivity index (χ0v) is 8.41. The molecule has 0 heterocycles. The van der Waals surface area contributed by atoms with Crippen LogP contribution in [0.5, 0.6) is 0 Å². The number of aliphatic hydroxyl groups excluding tert-OH is 1. The summed E-state index contributed by atoms with van der Waals surface area (Å²) in [4.78, 5) is 10.8. The summed E-state index contributed by atoms with van der Waals surface area (Å²) in [6.07, 6.45) is -5.21. The Bertz CT molecular complexity index is 186. The molecule has 1 atom stereocenters. The molecule has 0 aliphatic heterocycles. The molecule has 0 aliphatic carbocycles. The fourth-order valence-electron chi connectivity index (χ4n) is 0.609. The van der Waals surface area contributed by atoms with E-state index in [9.17, 15) is 18.0 Å². The standard InChI is InChI=1S/C7H12F3NO2S/c1-14-3-2-6(13)11-4-5(12)7(8,9)10/h5,12H,2-4H2,1H3,(H,11,13). The number of hydrogen-bond donors (Lipinski definition) is 2. The van der Waals surface area contributed by atoms with Crippen molar-refractivity contribution in [3.8, 4) is 0 Å². The monoisotopic (exact) mass is 231 g/mol. The van der Waals surface area contributed by atoms with Gasteiger partial charge in [-0.25, -0.2) is 0 Å². The zero-order valence-electron chi connectivity index (χ0n) is 7.60. The lowest BCUT2D eigenvalue weighted by molar-refractivity contribution is -0.201. The van der Waals surface area contributed by atoms with Gasteiger partial charge in [0.25, 0.3) is 0 Å². The van der Waals surface area contributed by atoms with E-state index >= 15 is 0 Å². The van der Waals surface area contributed by atoms with Gasteiger partial charge in [-0.3, -0.25) is 4.79 Å². The van der Waals surface area contributed by atoms with Crippen molar-refractivity contribution in [2.24, 2.45) is 0 Å². The Hall–Kier alpha value is -0.430. The quantitative estimate of drug-likeness (QED) is 0.735. The molecule has 0 rings (SSSR count). The molecule has 0 aliphatic rings. The van der Waals surface area contributed by atoms with E-state index < -0.39 is 24.7 Å². The fraction of sp³-hybridized carbons (Fsp3) is 0.857. The van der Waals surface area contributed by atoms with Gasteiger partial charge in [-0.1, -0.05) is 0 Å². The summed E-state index contributed by atoms with van der Waals surface area (Å²) in [6.45, 7) is -0.781. The highest BCUT2D eigenvalue weighted by Gasteiger charge is 2.38. The summed E-state index contributed by atoms with van der Waals surface area (Å²) < 4.78 is 35.2. The number of nitrogens with one attached hydrogen (secondary N) is 1. The summed E-state index contributed by atoms with van der Waals surface area (Å²) >= 11 is 1.42. The van der Waals surface area contributed by atoms with Gasteiger partial charge >= 0.3 is 6.18 Å². The van der Waals surface area contributed by atoms with Gasteiger partial charge < -0.3 is 10.4 Å². The highest BCUT2D eigenvalue weighted by atomic mass is 32.2. The van der Waals surface area contributed by atoms with Gasteiger partial charge in [0.15, 0.2) is 6.10 Å². The molecule has 0 aromatic heterocycles. The third kappa shape index (κ3) is 6.09. The van der Waals surface area contributed by atoms with Crippen molar-refractivity contribution >= 4 is 17.7 Å². The number of halogens is 3. The first-order valence-electron chi connectivity index (χ1n) is 3.88. The summed E-state index contributed by atoms with van der Waals surface area (Å²) in [7, 11) is 0. The van der Waals surface area contributed by atoms with E-state index in [0.29, 0.717) is 5.75 Å². The normalized spacial score (nSPS) is 13.8. The van der Waals surface area contributed by atoms with Gasteiger partial charge in [-0.05, 0) is 6.26 Å². The molecule has 7 heteroatoms. The Labute approximate surface area is 84.1 Å². The van der Waals surface area contributed by atoms with Crippen LogP contribution in [0.15, 0.2) is 0 Å². The van der Waals surface area contributed by atoms with Crippen LogP contribution in [0.25, 0.3) is 0 Å². The predicted molar refractivity (Wildman–Crippen MR) is 48.1 cm³/mol. The first-order chi connectivity index (χ1) is 6.38. The number of alkyl halides is 3. The van der Waals surface area contributed by atoms with Crippen LogP contribution in [-0.2, 0) is 4.79 Å². The molecule has 0 radical (unpaired) electrons. The van der Waals surface area contributed by atoms with Crippen LogP contribution in [0.3, 0.4) is 0 Å². The lowest BCUT2D eigenvalue weighted by atomic mass is 10.3. The molecule has 0 bridgehead atoms. The van der Waals surface area contributed by atoms with E-state index in [4.69, 9.17) is 5.11 Å². The second-order valence-electron chi connectivity index (χ2n) is 2.60. The van der Waals surface area contributed by atoms with Gasteiger partial charge in [0.2, 0.25) is 5.91 Å². The van der Waals surface area contributed by atoms with Crippen LogP contribution in [0, 0.1) is 0 Å². The van der Waals surface area contributed by atoms with Gasteiger partial charge in [0.1, 0.15) is 0 Å². The van der Waals surface area contributed by atoms with Crippen molar-refractivity contribution in [1.29, 1.82) is 0 Å². The molecule has 1 amide bonds. The van der Waals surface area contributed by atoms with Crippen molar-refractivity contribution < 1.29 is 23.1 Å². The lowest BCUT2D eigenvalue weighted by Crippen LogP contribution is -2.40. The maximum Gasteiger partial charge on any atom is 0.416 e. The van der Waals surface area contributed by atoms with E-state index in [2.05, 4.69) is 0 Å². The smallest absolute Gasteiger partial charge is 0.382 e. The zero-order chi connectivity index (χ0) is 11.2. The number of hydrogen-bond acceptors (Lipinski definition) is 3. The molecular weight excluding hydrogens is 219 g/mol. The van der Waals surface area contributed by atoms with E-state index in [1.54, 1.807) is 6.26 Å². The highest BCUT2D eigenvalue weighted by Crippen LogP contribution is 2.19. The molecule has 0 fully saturated rings. The Kier molecular flexibility index (Phi) is 5.94. The fourth-order valence-corrected chi connectivity index (χ4v) is 0.999.